The van der Waals surface area contributed by atoms with E-state index in [0.29, 0.717) is 12.8 Å². The first-order valence-electron chi connectivity index (χ1n) is 16.0. The Morgan fingerprint density at radius 1 is 0.630 bits per heavy atom. The lowest BCUT2D eigenvalue weighted by atomic mass is 9.65. The highest BCUT2D eigenvalue weighted by Gasteiger charge is 2.61. The van der Waals surface area contributed by atoms with Gasteiger partial charge in [-0.3, -0.25) is 28.8 Å². The fourth-order valence-corrected chi connectivity index (χ4v) is 7.90. The van der Waals surface area contributed by atoms with E-state index < -0.39 is 57.8 Å². The van der Waals surface area contributed by atoms with Crippen LogP contribution in [0.3, 0.4) is 0 Å². The molecule has 0 saturated carbocycles. The minimum atomic E-state index is -2.32. The number of esters is 2. The summed E-state index contributed by atoms with van der Waals surface area (Å²) in [7, 11) is 0. The van der Waals surface area contributed by atoms with Gasteiger partial charge in [-0.1, -0.05) is 0 Å². The van der Waals surface area contributed by atoms with Crippen molar-refractivity contribution in [2.45, 2.75) is 128 Å². The Balaban J connectivity index is 1.64. The largest absolute Gasteiger partial charge is 0.443 e. The van der Waals surface area contributed by atoms with Gasteiger partial charge in [0.05, 0.1) is 25.4 Å². The van der Waals surface area contributed by atoms with Crippen LogP contribution in [0.2, 0.25) is 0 Å². The lowest BCUT2D eigenvalue weighted by Gasteiger charge is -2.48. The van der Waals surface area contributed by atoms with Gasteiger partial charge >= 0.3 is 11.9 Å². The number of hydrogen-bond acceptors (Lipinski definition) is 12. The van der Waals surface area contributed by atoms with Crippen molar-refractivity contribution >= 4 is 35.1 Å². The third-order valence-corrected chi connectivity index (χ3v) is 10.0. The topological polar surface area (TPSA) is 158 Å². The number of Topliss-reactive ketones (excluding diaryl/α,β-unsaturated/α-hetero) is 4. The SMILES string of the molecule is CC(=O)O[C@@]1(C)C(=O)C2=C(C[C@@]3(CCC[C@H](C)O3)OC2)/C(=C2\C(=O)[C@@](C)(OC(C)=O)C(=O)C3=C2C[C@@]2(CCC[C@H](C)O2)OC3)C1=O. The van der Waals surface area contributed by atoms with E-state index in [2.05, 4.69) is 0 Å². The van der Waals surface area contributed by atoms with Crippen LogP contribution < -0.4 is 0 Å². The molecule has 6 atom stereocenters. The molecule has 0 aromatic heterocycles. The number of carbonyl (C=O) groups excluding carboxylic acids is 6. The molecule has 0 N–H and O–H groups in total. The predicted molar refractivity (Wildman–Crippen MR) is 157 cm³/mol. The molecule has 12 nitrogen and oxygen atoms in total. The van der Waals surface area contributed by atoms with Gasteiger partial charge in [-0.25, -0.2) is 0 Å². The van der Waals surface area contributed by atoms with Crippen molar-refractivity contribution in [3.05, 3.63) is 33.4 Å². The second-order valence-electron chi connectivity index (χ2n) is 13.6. The van der Waals surface area contributed by atoms with Gasteiger partial charge in [0.1, 0.15) is 0 Å². The molecule has 12 heteroatoms. The van der Waals surface area contributed by atoms with Crippen molar-refractivity contribution in [1.82, 2.24) is 0 Å². The molecule has 0 bridgehead atoms. The van der Waals surface area contributed by atoms with E-state index in [1.807, 2.05) is 13.8 Å². The van der Waals surface area contributed by atoms with Gasteiger partial charge in [0.25, 0.3) is 0 Å². The number of ether oxygens (including phenoxy) is 6. The van der Waals surface area contributed by atoms with Crippen LogP contribution in [0.25, 0.3) is 0 Å². The fraction of sp³-hybridized carbons (Fsp3) is 0.647. The van der Waals surface area contributed by atoms with Gasteiger partial charge < -0.3 is 28.4 Å². The fourth-order valence-electron chi connectivity index (χ4n) is 7.90. The molecule has 0 unspecified atom stereocenters. The van der Waals surface area contributed by atoms with Crippen LogP contribution in [0.15, 0.2) is 33.4 Å². The van der Waals surface area contributed by atoms with Crippen LogP contribution in [-0.4, -0.2) is 83.3 Å². The van der Waals surface area contributed by atoms with E-state index in [0.717, 1.165) is 39.5 Å². The van der Waals surface area contributed by atoms with Crippen LogP contribution in [0.1, 0.15) is 92.9 Å². The second-order valence-corrected chi connectivity index (χ2v) is 13.6. The molecule has 0 amide bonds. The molecule has 248 valence electrons. The summed E-state index contributed by atoms with van der Waals surface area (Å²) in [6.45, 7) is 7.87. The average molecular weight is 641 g/mol. The molecular weight excluding hydrogens is 600 g/mol. The van der Waals surface area contributed by atoms with Crippen LogP contribution in [-0.2, 0) is 57.2 Å². The van der Waals surface area contributed by atoms with E-state index in [1.165, 1.54) is 13.8 Å². The molecule has 46 heavy (non-hydrogen) atoms. The first kappa shape index (κ1) is 32.6. The highest BCUT2D eigenvalue weighted by Crippen LogP contribution is 2.52. The minimum Gasteiger partial charge on any atom is -0.443 e. The van der Waals surface area contributed by atoms with Crippen LogP contribution in [0.4, 0.5) is 0 Å². The smallest absolute Gasteiger partial charge is 0.304 e. The molecule has 0 aromatic carbocycles. The van der Waals surface area contributed by atoms with Gasteiger partial charge in [-0.15, -0.1) is 0 Å². The molecule has 6 rings (SSSR count). The summed E-state index contributed by atoms with van der Waals surface area (Å²) in [5.41, 5.74) is -4.38. The first-order chi connectivity index (χ1) is 21.5. The summed E-state index contributed by atoms with van der Waals surface area (Å²) < 4.78 is 35.8. The zero-order chi connectivity index (χ0) is 33.4. The van der Waals surface area contributed by atoms with Crippen molar-refractivity contribution < 1.29 is 57.2 Å². The van der Waals surface area contributed by atoms with E-state index in [9.17, 15) is 28.8 Å². The average Bonchev–Trinajstić information content (AvgIpc) is 2.96. The van der Waals surface area contributed by atoms with Crippen molar-refractivity contribution in [1.29, 1.82) is 0 Å². The zero-order valence-corrected chi connectivity index (χ0v) is 27.1. The molecule has 4 heterocycles. The standard InChI is InChI=1S/C34H40O12/c1-17-9-7-11-33(43-17)13-21-23(15-41-33)27(37)31(5,45-19(3)35)29(39)25(21)26-22-14-34(12-8-10-18(2)44-34)42-16-24(22)28(38)32(6,30(26)40)46-20(4)36/h17-18H,7-16H2,1-6H3/b26-25+/t17-,18-,31-,32-,33-,34-/m0/s1. The molecule has 2 saturated heterocycles. The second kappa shape index (κ2) is 11.1. The van der Waals surface area contributed by atoms with Gasteiger partial charge in [0.15, 0.2) is 11.6 Å². The maximum atomic E-state index is 14.7. The summed E-state index contributed by atoms with van der Waals surface area (Å²) >= 11 is 0. The van der Waals surface area contributed by atoms with Crippen LogP contribution in [0, 0.1) is 0 Å². The summed E-state index contributed by atoms with van der Waals surface area (Å²) in [5, 5.41) is 0. The van der Waals surface area contributed by atoms with E-state index in [1.54, 1.807) is 0 Å². The van der Waals surface area contributed by atoms with Crippen molar-refractivity contribution in [3.8, 4) is 0 Å². The molecule has 4 aliphatic heterocycles. The first-order valence-corrected chi connectivity index (χ1v) is 16.0. The number of hydrogen-bond donors (Lipinski definition) is 0. The highest BCUT2D eigenvalue weighted by atomic mass is 16.7. The Kier molecular flexibility index (Phi) is 7.90. The summed E-state index contributed by atoms with van der Waals surface area (Å²) in [4.78, 5) is 82.1. The van der Waals surface area contributed by atoms with Crippen molar-refractivity contribution in [2.75, 3.05) is 13.2 Å². The number of carbonyl (C=O) groups is 6. The van der Waals surface area contributed by atoms with Crippen LogP contribution in [0.5, 0.6) is 0 Å². The van der Waals surface area contributed by atoms with Gasteiger partial charge in [0, 0.05) is 61.8 Å². The third kappa shape index (κ3) is 5.04. The van der Waals surface area contributed by atoms with E-state index >= 15 is 0 Å². The Morgan fingerprint density at radius 2 is 1.00 bits per heavy atom. The molecule has 2 fully saturated rings. The minimum absolute atomic E-state index is 0.0393. The Morgan fingerprint density at radius 3 is 1.33 bits per heavy atom. The summed E-state index contributed by atoms with van der Waals surface area (Å²) in [6, 6.07) is 0. The number of rotatable bonds is 2. The lowest BCUT2D eigenvalue weighted by Crippen LogP contribution is -2.59. The van der Waals surface area contributed by atoms with Crippen LogP contribution >= 0.6 is 0 Å². The zero-order valence-electron chi connectivity index (χ0n) is 27.1. The summed E-state index contributed by atoms with van der Waals surface area (Å²) in [6.07, 6.45) is 3.69. The highest BCUT2D eigenvalue weighted by molar-refractivity contribution is 6.34. The Hall–Kier alpha value is -3.32. The van der Waals surface area contributed by atoms with Crippen molar-refractivity contribution in [2.24, 2.45) is 0 Å². The van der Waals surface area contributed by atoms with Gasteiger partial charge in [-0.05, 0) is 64.5 Å². The van der Waals surface area contributed by atoms with Gasteiger partial charge in [0.2, 0.25) is 34.3 Å². The lowest BCUT2D eigenvalue weighted by molar-refractivity contribution is -0.277. The molecular formula is C34H40O12. The van der Waals surface area contributed by atoms with E-state index in [-0.39, 0.29) is 71.7 Å². The third-order valence-electron chi connectivity index (χ3n) is 10.0. The maximum absolute atomic E-state index is 14.7. The Bertz CT molecular complexity index is 1450. The number of ketones is 4. The maximum Gasteiger partial charge on any atom is 0.304 e. The normalized spacial score (nSPS) is 39.9. The predicted octanol–water partition coefficient (Wildman–Crippen LogP) is 3.23. The molecule has 6 aliphatic rings. The monoisotopic (exact) mass is 640 g/mol. The van der Waals surface area contributed by atoms with Gasteiger partial charge in [-0.2, -0.15) is 0 Å². The summed E-state index contributed by atoms with van der Waals surface area (Å²) in [5.74, 6) is -7.42. The Labute approximate surface area is 266 Å². The van der Waals surface area contributed by atoms with Crippen molar-refractivity contribution in [3.63, 3.8) is 0 Å². The molecule has 0 aromatic rings. The molecule has 2 spiro atoms. The van der Waals surface area contributed by atoms with E-state index in [4.69, 9.17) is 28.4 Å². The quantitative estimate of drug-likeness (QED) is 0.247. The molecule has 0 radical (unpaired) electrons. The molecule has 2 aliphatic carbocycles.